The van der Waals surface area contributed by atoms with Gasteiger partial charge in [-0.15, -0.1) is 0 Å². The largest absolute Gasteiger partial charge is 0.417 e. The second-order valence-corrected chi connectivity index (χ2v) is 7.34. The van der Waals surface area contributed by atoms with Crippen molar-refractivity contribution in [2.45, 2.75) is 19.0 Å². The number of hydrogen-bond acceptors (Lipinski definition) is 3. The first-order chi connectivity index (χ1) is 13.9. The molecular weight excluding hydrogens is 384 g/mol. The quantitative estimate of drug-likeness (QED) is 0.635. The molecule has 4 nitrogen and oxygen atoms in total. The van der Waals surface area contributed by atoms with Crippen molar-refractivity contribution < 1.29 is 17.6 Å². The zero-order valence-electron chi connectivity index (χ0n) is 15.8. The van der Waals surface area contributed by atoms with E-state index in [2.05, 4.69) is 14.9 Å². The Morgan fingerprint density at radius 2 is 1.83 bits per heavy atom. The highest BCUT2D eigenvalue weighted by Crippen LogP contribution is 2.29. The Morgan fingerprint density at radius 1 is 1.03 bits per heavy atom. The van der Waals surface area contributed by atoms with Crippen LogP contribution >= 0.6 is 0 Å². The fourth-order valence-corrected chi connectivity index (χ4v) is 3.79. The van der Waals surface area contributed by atoms with Crippen molar-refractivity contribution >= 4 is 16.7 Å². The Kier molecular flexibility index (Phi) is 5.45. The number of benzene rings is 1. The topological polar surface area (TPSA) is 35.2 Å². The van der Waals surface area contributed by atoms with Crippen molar-refractivity contribution in [3.63, 3.8) is 0 Å². The number of halogens is 4. The smallest absolute Gasteiger partial charge is 0.361 e. The summed E-state index contributed by atoms with van der Waals surface area (Å²) in [7, 11) is 0. The second kappa shape index (κ2) is 8.02. The monoisotopic (exact) mass is 406 g/mol. The van der Waals surface area contributed by atoms with Crippen LogP contribution in [0.4, 0.5) is 23.4 Å². The van der Waals surface area contributed by atoms with Gasteiger partial charge in [0.25, 0.3) is 0 Å². The molecule has 3 aromatic rings. The normalized spacial score (nSPS) is 15.9. The van der Waals surface area contributed by atoms with Gasteiger partial charge in [-0.1, -0.05) is 0 Å². The zero-order chi connectivity index (χ0) is 20.4. The summed E-state index contributed by atoms with van der Waals surface area (Å²) >= 11 is 0. The summed E-state index contributed by atoms with van der Waals surface area (Å²) in [4.78, 5) is 11.5. The van der Waals surface area contributed by atoms with Crippen LogP contribution in [0.1, 0.15) is 17.5 Å². The van der Waals surface area contributed by atoms with Crippen molar-refractivity contribution in [3.05, 3.63) is 59.7 Å². The van der Waals surface area contributed by atoms with Crippen LogP contribution in [0, 0.1) is 5.82 Å². The molecule has 1 fully saturated rings. The van der Waals surface area contributed by atoms with Gasteiger partial charge in [0.1, 0.15) is 11.6 Å². The lowest BCUT2D eigenvalue weighted by Gasteiger charge is -2.35. The molecule has 1 saturated heterocycles. The minimum Gasteiger partial charge on any atom is -0.361 e. The lowest BCUT2D eigenvalue weighted by Crippen LogP contribution is -2.47. The number of nitrogens with one attached hydrogen (secondary N) is 1. The maximum Gasteiger partial charge on any atom is 0.417 e. The minimum absolute atomic E-state index is 0.230. The molecule has 0 amide bonds. The van der Waals surface area contributed by atoms with E-state index in [9.17, 15) is 17.6 Å². The van der Waals surface area contributed by atoms with Crippen molar-refractivity contribution in [2.75, 3.05) is 37.6 Å². The van der Waals surface area contributed by atoms with Gasteiger partial charge < -0.3 is 9.88 Å². The number of pyridine rings is 1. The zero-order valence-corrected chi connectivity index (χ0v) is 15.8. The molecule has 1 aliphatic rings. The molecule has 1 aromatic carbocycles. The molecule has 1 N–H and O–H groups in total. The molecule has 0 saturated carbocycles. The number of aromatic amines is 1. The van der Waals surface area contributed by atoms with E-state index in [-0.39, 0.29) is 5.82 Å². The summed E-state index contributed by atoms with van der Waals surface area (Å²) in [5.74, 6) is 0.352. The molecule has 0 atom stereocenters. The number of nitrogens with zero attached hydrogens (tertiary/aromatic N) is 3. The van der Waals surface area contributed by atoms with E-state index in [4.69, 9.17) is 0 Å². The Labute approximate surface area is 166 Å². The highest BCUT2D eigenvalue weighted by molar-refractivity contribution is 5.83. The third-order valence-electron chi connectivity index (χ3n) is 5.42. The van der Waals surface area contributed by atoms with E-state index in [0.29, 0.717) is 5.82 Å². The molecule has 29 heavy (non-hydrogen) atoms. The van der Waals surface area contributed by atoms with Gasteiger partial charge in [-0.05, 0) is 55.3 Å². The molecule has 2 aromatic heterocycles. The van der Waals surface area contributed by atoms with E-state index in [1.807, 2.05) is 11.1 Å². The van der Waals surface area contributed by atoms with Gasteiger partial charge in [0.15, 0.2) is 0 Å². The lowest BCUT2D eigenvalue weighted by molar-refractivity contribution is -0.137. The van der Waals surface area contributed by atoms with Gasteiger partial charge in [0.2, 0.25) is 0 Å². The van der Waals surface area contributed by atoms with Crippen molar-refractivity contribution in [3.8, 4) is 0 Å². The van der Waals surface area contributed by atoms with Crippen LogP contribution in [0.25, 0.3) is 10.9 Å². The first-order valence-electron chi connectivity index (χ1n) is 9.66. The number of alkyl halides is 3. The standard InChI is InChI=1S/C21H22F4N4/c22-17-4-5-19-18(12-17)15(13-26-19)2-1-7-28-8-10-29(11-9-28)20-6-3-16(14-27-20)21(23,24)25/h3-6,12-14,26H,1-2,7-11H2. The van der Waals surface area contributed by atoms with Crippen molar-refractivity contribution in [1.82, 2.24) is 14.9 Å². The SMILES string of the molecule is Fc1ccc2[nH]cc(CCCN3CCN(c4ccc(C(F)(F)F)cn4)CC3)c2c1. The van der Waals surface area contributed by atoms with E-state index >= 15 is 0 Å². The molecule has 0 unspecified atom stereocenters. The molecule has 4 rings (SSSR count). The van der Waals surface area contributed by atoms with E-state index in [0.717, 1.165) is 74.3 Å². The van der Waals surface area contributed by atoms with Gasteiger partial charge in [-0.3, -0.25) is 4.90 Å². The van der Waals surface area contributed by atoms with Gasteiger partial charge in [0, 0.05) is 49.5 Å². The fourth-order valence-electron chi connectivity index (χ4n) is 3.79. The van der Waals surface area contributed by atoms with Crippen molar-refractivity contribution in [2.24, 2.45) is 0 Å². The second-order valence-electron chi connectivity index (χ2n) is 7.34. The fraction of sp³-hybridized carbons (Fsp3) is 0.381. The number of aromatic nitrogens is 2. The molecule has 0 bridgehead atoms. The summed E-state index contributed by atoms with van der Waals surface area (Å²) in [6.07, 6.45) is 0.303. The molecule has 8 heteroatoms. The van der Waals surface area contributed by atoms with Crippen LogP contribution < -0.4 is 4.90 Å². The molecule has 0 aliphatic carbocycles. The maximum absolute atomic E-state index is 13.5. The third kappa shape index (κ3) is 4.53. The molecule has 154 valence electrons. The number of aryl methyl sites for hydroxylation is 1. The summed E-state index contributed by atoms with van der Waals surface area (Å²) < 4.78 is 51.5. The first-order valence-corrected chi connectivity index (χ1v) is 9.66. The van der Waals surface area contributed by atoms with Crippen LogP contribution in [-0.2, 0) is 12.6 Å². The number of anilines is 1. The van der Waals surface area contributed by atoms with Gasteiger partial charge >= 0.3 is 6.18 Å². The molecule has 0 radical (unpaired) electrons. The highest BCUT2D eigenvalue weighted by atomic mass is 19.4. The number of H-pyrrole nitrogens is 1. The Balaban J connectivity index is 1.26. The number of piperazine rings is 1. The Bertz CT molecular complexity index is 957. The predicted octanol–water partition coefficient (Wildman–Crippen LogP) is 4.48. The highest BCUT2D eigenvalue weighted by Gasteiger charge is 2.31. The predicted molar refractivity (Wildman–Crippen MR) is 104 cm³/mol. The van der Waals surface area contributed by atoms with Crippen LogP contribution in [0.15, 0.2) is 42.7 Å². The van der Waals surface area contributed by atoms with Gasteiger partial charge in [-0.25, -0.2) is 9.37 Å². The summed E-state index contributed by atoms with van der Waals surface area (Å²) in [5.41, 5.74) is 1.34. The number of rotatable bonds is 5. The third-order valence-corrected chi connectivity index (χ3v) is 5.42. The van der Waals surface area contributed by atoms with Crippen LogP contribution in [-0.4, -0.2) is 47.6 Å². The first kappa shape index (κ1) is 19.7. The number of hydrogen-bond donors (Lipinski definition) is 1. The van der Waals surface area contributed by atoms with Crippen molar-refractivity contribution in [1.29, 1.82) is 0 Å². The summed E-state index contributed by atoms with van der Waals surface area (Å²) in [6, 6.07) is 7.29. The van der Waals surface area contributed by atoms with Crippen LogP contribution in [0.3, 0.4) is 0 Å². The molecule has 0 spiro atoms. The average molecular weight is 406 g/mol. The van der Waals surface area contributed by atoms with Crippen LogP contribution in [0.2, 0.25) is 0 Å². The minimum atomic E-state index is -4.36. The van der Waals surface area contributed by atoms with E-state index < -0.39 is 11.7 Å². The van der Waals surface area contributed by atoms with E-state index in [1.54, 1.807) is 12.1 Å². The lowest BCUT2D eigenvalue weighted by atomic mass is 10.1. The van der Waals surface area contributed by atoms with Gasteiger partial charge in [-0.2, -0.15) is 13.2 Å². The Hall–Kier alpha value is -2.61. The molecule has 3 heterocycles. The summed E-state index contributed by atoms with van der Waals surface area (Å²) in [5, 5.41) is 0.934. The molecule has 1 aliphatic heterocycles. The summed E-state index contributed by atoms with van der Waals surface area (Å²) in [6.45, 7) is 4.07. The van der Waals surface area contributed by atoms with Gasteiger partial charge in [0.05, 0.1) is 5.56 Å². The molecular formula is C21H22F4N4. The number of fused-ring (bicyclic) bond motifs is 1. The van der Waals surface area contributed by atoms with E-state index in [1.165, 1.54) is 12.1 Å². The average Bonchev–Trinajstić information content (AvgIpc) is 3.10. The maximum atomic E-state index is 13.5. The van der Waals surface area contributed by atoms with Crippen LogP contribution in [0.5, 0.6) is 0 Å². The Morgan fingerprint density at radius 3 is 2.52 bits per heavy atom.